The molecule has 0 bridgehead atoms. The molecule has 0 aromatic carbocycles. The molecule has 1 aromatic heterocycles. The van der Waals surface area contributed by atoms with E-state index in [-0.39, 0.29) is 6.61 Å². The molecule has 0 aliphatic carbocycles. The predicted molar refractivity (Wildman–Crippen MR) is 73.2 cm³/mol. The zero-order valence-electron chi connectivity index (χ0n) is 10.6. The standard InChI is InChI=1S/C12H19ClN4O/c1-2-14-12-15-7-10(13)11(16-12)17-5-3-9(8-17)4-6-18/h7,9,18H,2-6,8H2,1H3,(H,14,15,16). The third kappa shape index (κ3) is 3.03. The van der Waals surface area contributed by atoms with E-state index in [1.54, 1.807) is 6.20 Å². The average Bonchev–Trinajstić information content (AvgIpc) is 2.81. The minimum absolute atomic E-state index is 0.249. The highest BCUT2D eigenvalue weighted by atomic mass is 35.5. The van der Waals surface area contributed by atoms with E-state index >= 15 is 0 Å². The average molecular weight is 271 g/mol. The third-order valence-corrected chi connectivity index (χ3v) is 3.45. The van der Waals surface area contributed by atoms with E-state index < -0.39 is 0 Å². The molecule has 0 radical (unpaired) electrons. The van der Waals surface area contributed by atoms with E-state index in [4.69, 9.17) is 16.7 Å². The molecule has 100 valence electrons. The highest BCUT2D eigenvalue weighted by Crippen LogP contribution is 2.29. The first-order chi connectivity index (χ1) is 8.74. The Labute approximate surface area is 112 Å². The number of rotatable bonds is 5. The fraction of sp³-hybridized carbons (Fsp3) is 0.667. The molecule has 1 saturated heterocycles. The Kier molecular flexibility index (Phi) is 4.60. The van der Waals surface area contributed by atoms with Gasteiger partial charge in [0.2, 0.25) is 5.95 Å². The number of aromatic nitrogens is 2. The molecule has 0 amide bonds. The quantitative estimate of drug-likeness (QED) is 0.854. The van der Waals surface area contributed by atoms with Crippen LogP contribution in [0.15, 0.2) is 6.20 Å². The molecular formula is C12H19ClN4O. The van der Waals surface area contributed by atoms with Gasteiger partial charge in [-0.2, -0.15) is 4.98 Å². The second kappa shape index (κ2) is 6.20. The first-order valence-corrected chi connectivity index (χ1v) is 6.74. The fourth-order valence-electron chi connectivity index (χ4n) is 2.27. The van der Waals surface area contributed by atoms with Crippen LogP contribution in [-0.2, 0) is 0 Å². The van der Waals surface area contributed by atoms with Gasteiger partial charge in [-0.25, -0.2) is 4.98 Å². The summed E-state index contributed by atoms with van der Waals surface area (Å²) in [7, 11) is 0. The van der Waals surface area contributed by atoms with Crippen LogP contribution in [-0.4, -0.2) is 41.3 Å². The van der Waals surface area contributed by atoms with Crippen LogP contribution in [0.5, 0.6) is 0 Å². The lowest BCUT2D eigenvalue weighted by atomic mass is 10.1. The summed E-state index contributed by atoms with van der Waals surface area (Å²) in [6.45, 7) is 4.88. The molecule has 2 heterocycles. The van der Waals surface area contributed by atoms with Gasteiger partial charge >= 0.3 is 0 Å². The summed E-state index contributed by atoms with van der Waals surface area (Å²) in [5.41, 5.74) is 0. The van der Waals surface area contributed by atoms with Crippen molar-refractivity contribution in [2.75, 3.05) is 36.5 Å². The van der Waals surface area contributed by atoms with E-state index in [9.17, 15) is 0 Å². The minimum atomic E-state index is 0.249. The van der Waals surface area contributed by atoms with Crippen LogP contribution in [0.25, 0.3) is 0 Å². The van der Waals surface area contributed by atoms with Crippen LogP contribution in [0.3, 0.4) is 0 Å². The van der Waals surface area contributed by atoms with Crippen molar-refractivity contribution in [3.05, 3.63) is 11.2 Å². The van der Waals surface area contributed by atoms with Crippen molar-refractivity contribution < 1.29 is 5.11 Å². The lowest BCUT2D eigenvalue weighted by Crippen LogP contribution is -2.22. The fourth-order valence-corrected chi connectivity index (χ4v) is 2.48. The van der Waals surface area contributed by atoms with Crippen molar-refractivity contribution in [3.63, 3.8) is 0 Å². The summed E-state index contributed by atoms with van der Waals surface area (Å²) < 4.78 is 0. The number of nitrogens with one attached hydrogen (secondary N) is 1. The predicted octanol–water partition coefficient (Wildman–Crippen LogP) is 1.77. The van der Waals surface area contributed by atoms with Crippen LogP contribution < -0.4 is 10.2 Å². The van der Waals surface area contributed by atoms with Gasteiger partial charge in [-0.3, -0.25) is 0 Å². The van der Waals surface area contributed by atoms with Gasteiger partial charge in [0, 0.05) is 26.2 Å². The Balaban J connectivity index is 2.10. The Morgan fingerprint density at radius 3 is 3.17 bits per heavy atom. The van der Waals surface area contributed by atoms with Gasteiger partial charge in [-0.1, -0.05) is 11.6 Å². The summed E-state index contributed by atoms with van der Waals surface area (Å²) >= 11 is 6.16. The SMILES string of the molecule is CCNc1ncc(Cl)c(N2CCC(CCO)C2)n1. The molecule has 18 heavy (non-hydrogen) atoms. The zero-order chi connectivity index (χ0) is 13.0. The van der Waals surface area contributed by atoms with E-state index in [0.717, 1.165) is 38.3 Å². The first kappa shape index (κ1) is 13.4. The minimum Gasteiger partial charge on any atom is -0.396 e. The summed E-state index contributed by atoms with van der Waals surface area (Å²) in [5.74, 6) is 1.94. The maximum atomic E-state index is 8.97. The topological polar surface area (TPSA) is 61.3 Å². The largest absolute Gasteiger partial charge is 0.396 e. The molecule has 1 atom stereocenters. The van der Waals surface area contributed by atoms with Gasteiger partial charge in [-0.05, 0) is 25.7 Å². The van der Waals surface area contributed by atoms with Crippen molar-refractivity contribution in [3.8, 4) is 0 Å². The third-order valence-electron chi connectivity index (χ3n) is 3.18. The van der Waals surface area contributed by atoms with Crippen LogP contribution in [0.4, 0.5) is 11.8 Å². The second-order valence-electron chi connectivity index (χ2n) is 4.51. The summed E-state index contributed by atoms with van der Waals surface area (Å²) in [6.07, 6.45) is 3.57. The summed E-state index contributed by atoms with van der Waals surface area (Å²) in [4.78, 5) is 10.8. The Morgan fingerprint density at radius 1 is 1.61 bits per heavy atom. The molecule has 0 saturated carbocycles. The van der Waals surface area contributed by atoms with Gasteiger partial charge < -0.3 is 15.3 Å². The molecule has 0 spiro atoms. The second-order valence-corrected chi connectivity index (χ2v) is 4.92. The van der Waals surface area contributed by atoms with Crippen molar-refractivity contribution in [2.45, 2.75) is 19.8 Å². The molecule has 1 unspecified atom stereocenters. The molecule has 1 fully saturated rings. The number of halogens is 1. The number of nitrogens with zero attached hydrogens (tertiary/aromatic N) is 3. The highest BCUT2D eigenvalue weighted by molar-refractivity contribution is 6.32. The van der Waals surface area contributed by atoms with Crippen LogP contribution in [0, 0.1) is 5.92 Å². The van der Waals surface area contributed by atoms with Crippen molar-refractivity contribution >= 4 is 23.4 Å². The van der Waals surface area contributed by atoms with E-state index in [2.05, 4.69) is 20.2 Å². The number of aliphatic hydroxyl groups is 1. The van der Waals surface area contributed by atoms with Gasteiger partial charge in [0.05, 0.1) is 6.20 Å². The molecule has 5 nitrogen and oxygen atoms in total. The van der Waals surface area contributed by atoms with Crippen molar-refractivity contribution in [1.82, 2.24) is 9.97 Å². The molecule has 1 aliphatic rings. The first-order valence-electron chi connectivity index (χ1n) is 6.36. The van der Waals surface area contributed by atoms with Crippen molar-refractivity contribution in [1.29, 1.82) is 0 Å². The number of aliphatic hydroxyl groups excluding tert-OH is 1. The smallest absolute Gasteiger partial charge is 0.224 e. The number of hydrogen-bond acceptors (Lipinski definition) is 5. The van der Waals surface area contributed by atoms with Gasteiger partial charge in [0.1, 0.15) is 5.02 Å². The highest BCUT2D eigenvalue weighted by Gasteiger charge is 2.24. The molecule has 2 rings (SSSR count). The van der Waals surface area contributed by atoms with Gasteiger partial charge in [0.15, 0.2) is 5.82 Å². The maximum Gasteiger partial charge on any atom is 0.224 e. The lowest BCUT2D eigenvalue weighted by molar-refractivity contribution is 0.263. The number of hydrogen-bond donors (Lipinski definition) is 2. The van der Waals surface area contributed by atoms with Crippen LogP contribution in [0.2, 0.25) is 5.02 Å². The maximum absolute atomic E-state index is 8.97. The normalized spacial score (nSPS) is 19.3. The van der Waals surface area contributed by atoms with Crippen molar-refractivity contribution in [2.24, 2.45) is 5.92 Å². The molecule has 6 heteroatoms. The van der Waals surface area contributed by atoms with Crippen LogP contribution in [0.1, 0.15) is 19.8 Å². The Morgan fingerprint density at radius 2 is 2.44 bits per heavy atom. The van der Waals surface area contributed by atoms with Crippen LogP contribution >= 0.6 is 11.6 Å². The number of anilines is 2. The molecule has 1 aliphatic heterocycles. The van der Waals surface area contributed by atoms with Gasteiger partial charge in [-0.15, -0.1) is 0 Å². The summed E-state index contributed by atoms with van der Waals surface area (Å²) in [5, 5.41) is 12.6. The summed E-state index contributed by atoms with van der Waals surface area (Å²) in [6, 6.07) is 0. The molecular weight excluding hydrogens is 252 g/mol. The zero-order valence-corrected chi connectivity index (χ0v) is 11.3. The molecule has 2 N–H and O–H groups in total. The van der Waals surface area contributed by atoms with E-state index in [1.165, 1.54) is 0 Å². The van der Waals surface area contributed by atoms with Gasteiger partial charge in [0.25, 0.3) is 0 Å². The Bertz CT molecular complexity index is 402. The lowest BCUT2D eigenvalue weighted by Gasteiger charge is -2.19. The van der Waals surface area contributed by atoms with E-state index in [0.29, 0.717) is 16.9 Å². The van der Waals surface area contributed by atoms with E-state index in [1.807, 2.05) is 6.92 Å². The molecule has 1 aromatic rings. The monoisotopic (exact) mass is 270 g/mol. The Hall–Kier alpha value is -1.07.